The minimum absolute atomic E-state index is 0.0323. The van der Waals surface area contributed by atoms with Gasteiger partial charge in [-0.15, -0.1) is 0 Å². The highest BCUT2D eigenvalue weighted by Crippen LogP contribution is 2.20. The van der Waals surface area contributed by atoms with Crippen LogP contribution in [-0.2, 0) is 17.8 Å². The summed E-state index contributed by atoms with van der Waals surface area (Å²) in [5.41, 5.74) is 5.51. The number of carboxylic acid groups (broad SMARTS) is 1. The van der Waals surface area contributed by atoms with Crippen LogP contribution in [-0.4, -0.2) is 20.9 Å². The molecule has 4 heteroatoms. The summed E-state index contributed by atoms with van der Waals surface area (Å²) in [6.45, 7) is 4.90. The maximum atomic E-state index is 10.9. The number of rotatable bonds is 4. The number of hydrogen-bond donors (Lipinski definition) is 1. The second-order valence-electron chi connectivity index (χ2n) is 5.64. The number of nitrogens with zero attached hydrogens (tertiary/aromatic N) is 2. The molecule has 3 rings (SSSR count). The molecule has 2 aromatic carbocycles. The number of aryl methyl sites for hydroxylation is 2. The first-order chi connectivity index (χ1) is 10.5. The molecule has 0 aliphatic carbocycles. The smallest absolute Gasteiger partial charge is 0.307 e. The number of aliphatic carboxylic acids is 1. The van der Waals surface area contributed by atoms with Gasteiger partial charge in [0.2, 0.25) is 0 Å². The number of carbonyl (C=O) groups is 1. The van der Waals surface area contributed by atoms with Crippen molar-refractivity contribution in [1.82, 2.24) is 9.78 Å². The number of benzene rings is 2. The van der Waals surface area contributed by atoms with E-state index in [1.807, 2.05) is 29.1 Å². The molecule has 0 spiro atoms. The van der Waals surface area contributed by atoms with E-state index in [0.717, 1.165) is 16.5 Å². The van der Waals surface area contributed by atoms with Gasteiger partial charge in [0.25, 0.3) is 0 Å². The Kier molecular flexibility index (Phi) is 3.67. The molecular formula is C18H18N2O2. The molecule has 0 radical (unpaired) electrons. The molecule has 22 heavy (non-hydrogen) atoms. The molecule has 0 saturated heterocycles. The van der Waals surface area contributed by atoms with Gasteiger partial charge in [0.15, 0.2) is 0 Å². The van der Waals surface area contributed by atoms with Gasteiger partial charge in [-0.1, -0.05) is 30.3 Å². The third-order valence-electron chi connectivity index (χ3n) is 4.02. The third-order valence-corrected chi connectivity index (χ3v) is 4.02. The zero-order valence-corrected chi connectivity index (χ0v) is 12.7. The molecular weight excluding hydrogens is 276 g/mol. The van der Waals surface area contributed by atoms with Gasteiger partial charge in [-0.05, 0) is 42.2 Å². The van der Waals surface area contributed by atoms with Crippen LogP contribution in [0.4, 0.5) is 0 Å². The lowest BCUT2D eigenvalue weighted by molar-refractivity contribution is -0.136. The molecule has 0 atom stereocenters. The maximum Gasteiger partial charge on any atom is 0.307 e. The number of fused-ring (bicyclic) bond motifs is 1. The molecule has 0 fully saturated rings. The van der Waals surface area contributed by atoms with Crippen LogP contribution >= 0.6 is 0 Å². The predicted molar refractivity (Wildman–Crippen MR) is 86.1 cm³/mol. The van der Waals surface area contributed by atoms with Crippen LogP contribution in [0.25, 0.3) is 10.9 Å². The van der Waals surface area contributed by atoms with Crippen molar-refractivity contribution in [3.05, 3.63) is 64.8 Å². The summed E-state index contributed by atoms with van der Waals surface area (Å²) in [4.78, 5) is 10.9. The summed E-state index contributed by atoms with van der Waals surface area (Å²) in [5.74, 6) is -0.819. The predicted octanol–water partition coefficient (Wildman–Crippen LogP) is 3.33. The van der Waals surface area contributed by atoms with E-state index in [4.69, 9.17) is 5.11 Å². The average Bonchev–Trinajstić information content (AvgIpc) is 2.85. The summed E-state index contributed by atoms with van der Waals surface area (Å²) < 4.78 is 1.94. The monoisotopic (exact) mass is 294 g/mol. The molecule has 0 saturated carbocycles. The van der Waals surface area contributed by atoms with Crippen molar-refractivity contribution in [2.75, 3.05) is 0 Å². The van der Waals surface area contributed by atoms with Crippen molar-refractivity contribution in [2.45, 2.75) is 26.8 Å². The fourth-order valence-electron chi connectivity index (χ4n) is 2.77. The van der Waals surface area contributed by atoms with Gasteiger partial charge in [0, 0.05) is 5.39 Å². The molecule has 1 N–H and O–H groups in total. The van der Waals surface area contributed by atoms with Gasteiger partial charge in [-0.3, -0.25) is 9.48 Å². The first-order valence-corrected chi connectivity index (χ1v) is 7.26. The summed E-state index contributed by atoms with van der Waals surface area (Å²) >= 11 is 0. The van der Waals surface area contributed by atoms with Gasteiger partial charge in [0.1, 0.15) is 0 Å². The van der Waals surface area contributed by atoms with Crippen molar-refractivity contribution in [2.24, 2.45) is 0 Å². The molecule has 0 amide bonds. The Balaban J connectivity index is 2.02. The fraction of sp³-hybridized carbons (Fsp3) is 0.222. The summed E-state index contributed by atoms with van der Waals surface area (Å²) in [6.07, 6.45) is 1.86. The quantitative estimate of drug-likeness (QED) is 0.803. The van der Waals surface area contributed by atoms with Gasteiger partial charge in [-0.25, -0.2) is 0 Å². The van der Waals surface area contributed by atoms with Gasteiger partial charge in [0.05, 0.1) is 24.7 Å². The van der Waals surface area contributed by atoms with Crippen molar-refractivity contribution in [1.29, 1.82) is 0 Å². The van der Waals surface area contributed by atoms with Crippen LogP contribution in [0.3, 0.4) is 0 Å². The van der Waals surface area contributed by atoms with Crippen LogP contribution in [0.1, 0.15) is 22.3 Å². The SMILES string of the molecule is Cc1cccc(C)c1Cn1ncc2ccc(CC(=O)O)cc21. The zero-order valence-electron chi connectivity index (χ0n) is 12.7. The molecule has 112 valence electrons. The van der Waals surface area contributed by atoms with Crippen molar-refractivity contribution in [3.8, 4) is 0 Å². The fourth-order valence-corrected chi connectivity index (χ4v) is 2.77. The summed E-state index contributed by atoms with van der Waals surface area (Å²) in [5, 5.41) is 14.4. The molecule has 0 unspecified atom stereocenters. The zero-order chi connectivity index (χ0) is 15.7. The highest BCUT2D eigenvalue weighted by molar-refractivity contribution is 5.81. The van der Waals surface area contributed by atoms with Gasteiger partial charge in [-0.2, -0.15) is 5.10 Å². The molecule has 1 aromatic heterocycles. The Hall–Kier alpha value is -2.62. The Morgan fingerprint density at radius 1 is 1.18 bits per heavy atom. The van der Waals surface area contributed by atoms with Gasteiger partial charge >= 0.3 is 5.97 Å². The number of hydrogen-bond acceptors (Lipinski definition) is 2. The van der Waals surface area contributed by atoms with Crippen LogP contribution in [0.5, 0.6) is 0 Å². The van der Waals surface area contributed by atoms with Crippen LogP contribution in [0.15, 0.2) is 42.6 Å². The molecule has 0 aliphatic heterocycles. The van der Waals surface area contributed by atoms with E-state index in [1.165, 1.54) is 16.7 Å². The van der Waals surface area contributed by atoms with Crippen LogP contribution in [0, 0.1) is 13.8 Å². The number of carboxylic acids is 1. The number of aromatic nitrogens is 2. The van der Waals surface area contributed by atoms with Crippen molar-refractivity contribution >= 4 is 16.9 Å². The van der Waals surface area contributed by atoms with Crippen LogP contribution < -0.4 is 0 Å². The first kappa shape index (κ1) is 14.3. The third kappa shape index (κ3) is 2.72. The Morgan fingerprint density at radius 2 is 1.91 bits per heavy atom. The minimum atomic E-state index is -0.819. The lowest BCUT2D eigenvalue weighted by atomic mass is 10.0. The van der Waals surface area contributed by atoms with Crippen molar-refractivity contribution in [3.63, 3.8) is 0 Å². The highest BCUT2D eigenvalue weighted by Gasteiger charge is 2.09. The van der Waals surface area contributed by atoms with E-state index in [0.29, 0.717) is 6.54 Å². The summed E-state index contributed by atoms with van der Waals surface area (Å²) in [7, 11) is 0. The van der Waals surface area contributed by atoms with E-state index >= 15 is 0 Å². The maximum absolute atomic E-state index is 10.9. The molecule has 4 nitrogen and oxygen atoms in total. The Bertz CT molecular complexity index is 829. The van der Waals surface area contributed by atoms with E-state index in [1.54, 1.807) is 0 Å². The normalized spacial score (nSPS) is 11.0. The van der Waals surface area contributed by atoms with E-state index in [-0.39, 0.29) is 6.42 Å². The lowest BCUT2D eigenvalue weighted by Crippen LogP contribution is -2.05. The van der Waals surface area contributed by atoms with Crippen LogP contribution in [0.2, 0.25) is 0 Å². The topological polar surface area (TPSA) is 55.1 Å². The molecule has 0 bridgehead atoms. The Labute approximate surface area is 129 Å². The molecule has 0 aliphatic rings. The van der Waals surface area contributed by atoms with Crippen molar-refractivity contribution < 1.29 is 9.90 Å². The lowest BCUT2D eigenvalue weighted by Gasteiger charge is -2.11. The second-order valence-corrected chi connectivity index (χ2v) is 5.64. The largest absolute Gasteiger partial charge is 0.481 e. The second kappa shape index (κ2) is 5.64. The Morgan fingerprint density at radius 3 is 2.59 bits per heavy atom. The first-order valence-electron chi connectivity index (χ1n) is 7.26. The van der Waals surface area contributed by atoms with E-state index in [9.17, 15) is 4.79 Å². The van der Waals surface area contributed by atoms with Gasteiger partial charge < -0.3 is 5.11 Å². The molecule has 1 heterocycles. The molecule has 3 aromatic rings. The highest BCUT2D eigenvalue weighted by atomic mass is 16.4. The standard InChI is InChI=1S/C18H18N2O2/c1-12-4-3-5-13(2)16(12)11-20-17-8-14(9-18(21)22)6-7-15(17)10-19-20/h3-8,10H,9,11H2,1-2H3,(H,21,22). The average molecular weight is 294 g/mol. The van der Waals surface area contributed by atoms with E-state index < -0.39 is 5.97 Å². The van der Waals surface area contributed by atoms with E-state index in [2.05, 4.69) is 37.1 Å². The minimum Gasteiger partial charge on any atom is -0.481 e. The summed E-state index contributed by atoms with van der Waals surface area (Å²) in [6, 6.07) is 12.0.